The summed E-state index contributed by atoms with van der Waals surface area (Å²) < 4.78 is 39.5. The molecule has 2 heterocycles. The molecule has 6 amide bonds. The van der Waals surface area contributed by atoms with Crippen molar-refractivity contribution in [3.63, 3.8) is 0 Å². The van der Waals surface area contributed by atoms with E-state index in [4.69, 9.17) is 9.47 Å². The predicted molar refractivity (Wildman–Crippen MR) is 254 cm³/mol. The summed E-state index contributed by atoms with van der Waals surface area (Å²) in [5.74, 6) is 2.82. The van der Waals surface area contributed by atoms with E-state index in [0.29, 0.717) is 51.6 Å². The highest BCUT2D eigenvalue weighted by atomic mass is 19.1. The number of hydrogen-bond donors (Lipinski definition) is 4. The molecular formula is C50H72F2N8O8. The van der Waals surface area contributed by atoms with E-state index in [1.54, 1.807) is 51.6 Å². The van der Waals surface area contributed by atoms with E-state index >= 15 is 0 Å². The van der Waals surface area contributed by atoms with Gasteiger partial charge in [0.2, 0.25) is 23.6 Å². The van der Waals surface area contributed by atoms with Crippen LogP contribution < -0.4 is 21.3 Å². The number of nitrogens with zero attached hydrogens (tertiary/aromatic N) is 4. The molecule has 374 valence electrons. The molecule has 2 aromatic rings. The van der Waals surface area contributed by atoms with Gasteiger partial charge in [0, 0.05) is 51.4 Å². The molecule has 0 aliphatic carbocycles. The van der Waals surface area contributed by atoms with E-state index in [1.165, 1.54) is 9.80 Å². The van der Waals surface area contributed by atoms with Gasteiger partial charge in [0.05, 0.1) is 24.3 Å². The van der Waals surface area contributed by atoms with Crippen LogP contribution in [0.4, 0.5) is 8.78 Å². The molecule has 0 unspecified atom stereocenters. The molecule has 16 nitrogen and oxygen atoms in total. The van der Waals surface area contributed by atoms with Gasteiger partial charge < -0.3 is 50.3 Å². The Kier molecular flexibility index (Phi) is 23.3. The average Bonchev–Trinajstić information content (AvgIpc) is 4.04. The number of carbonyl (C=O) groups is 6. The molecule has 0 bridgehead atoms. The first-order valence-corrected chi connectivity index (χ1v) is 23.7. The van der Waals surface area contributed by atoms with Crippen LogP contribution in [0.3, 0.4) is 0 Å². The third kappa shape index (κ3) is 16.6. The number of halogens is 2. The Hall–Kier alpha value is -5.48. The Morgan fingerprint density at radius 2 is 1.00 bits per heavy atom. The van der Waals surface area contributed by atoms with Gasteiger partial charge in [-0.3, -0.25) is 28.8 Å². The molecule has 4 rings (SSSR count). The van der Waals surface area contributed by atoms with Crippen molar-refractivity contribution in [3.05, 3.63) is 71.8 Å². The van der Waals surface area contributed by atoms with Crippen molar-refractivity contribution >= 4 is 35.4 Å². The van der Waals surface area contributed by atoms with Gasteiger partial charge in [-0.15, -0.1) is 0 Å². The molecule has 4 N–H and O–H groups in total. The van der Waals surface area contributed by atoms with Crippen LogP contribution in [0.1, 0.15) is 64.5 Å². The summed E-state index contributed by atoms with van der Waals surface area (Å²) in [6.07, 6.45) is 1.88. The highest BCUT2D eigenvalue weighted by molar-refractivity contribution is 5.91. The van der Waals surface area contributed by atoms with Crippen molar-refractivity contribution in [3.8, 4) is 11.8 Å². The lowest BCUT2D eigenvalue weighted by Gasteiger charge is -2.34. The summed E-state index contributed by atoms with van der Waals surface area (Å²) in [5, 5.41) is 11.4. The number of amides is 6. The first kappa shape index (κ1) is 55.1. The molecule has 18 heteroatoms. The third-order valence-corrected chi connectivity index (χ3v) is 12.8. The van der Waals surface area contributed by atoms with Crippen LogP contribution >= 0.6 is 0 Å². The quantitative estimate of drug-likeness (QED) is 0.102. The Morgan fingerprint density at radius 1 is 0.632 bits per heavy atom. The first-order chi connectivity index (χ1) is 32.7. The average molecular weight is 951 g/mol. The normalized spacial score (nSPS) is 18.3. The number of nitrogens with one attached hydrogen (secondary N) is 4. The number of rotatable bonds is 26. The summed E-state index contributed by atoms with van der Waals surface area (Å²) in [4.78, 5) is 86.5. The summed E-state index contributed by atoms with van der Waals surface area (Å²) in [7, 11) is 3.25. The maximum absolute atomic E-state index is 14.3. The molecule has 8 atom stereocenters. The summed E-state index contributed by atoms with van der Waals surface area (Å²) in [6, 6.07) is 14.9. The van der Waals surface area contributed by atoms with Gasteiger partial charge in [0.15, 0.2) is 13.3 Å². The van der Waals surface area contributed by atoms with Gasteiger partial charge in [-0.05, 0) is 91.4 Å². The van der Waals surface area contributed by atoms with Crippen LogP contribution in [0.15, 0.2) is 60.7 Å². The molecule has 2 aliphatic heterocycles. The Morgan fingerprint density at radius 3 is 1.34 bits per heavy atom. The molecule has 0 radical (unpaired) electrons. The minimum absolute atomic E-state index is 0.144. The van der Waals surface area contributed by atoms with E-state index < -0.39 is 97.3 Å². The van der Waals surface area contributed by atoms with Gasteiger partial charge in [0.25, 0.3) is 11.8 Å². The number of hydrogen-bond acceptors (Lipinski definition) is 10. The van der Waals surface area contributed by atoms with E-state index in [9.17, 15) is 37.5 Å². The van der Waals surface area contributed by atoms with Crippen molar-refractivity contribution in [2.24, 2.45) is 0 Å². The predicted octanol–water partition coefficient (Wildman–Crippen LogP) is 2.05. The van der Waals surface area contributed by atoms with Crippen molar-refractivity contribution < 1.29 is 47.0 Å². The monoisotopic (exact) mass is 951 g/mol. The van der Waals surface area contributed by atoms with Crippen LogP contribution in [-0.2, 0) is 51.1 Å². The Labute approximate surface area is 400 Å². The second kappa shape index (κ2) is 28.8. The molecular weight excluding hydrogens is 879 g/mol. The molecule has 2 saturated heterocycles. The molecule has 2 fully saturated rings. The van der Waals surface area contributed by atoms with Crippen molar-refractivity contribution in [2.75, 3.05) is 79.9 Å². The van der Waals surface area contributed by atoms with Crippen molar-refractivity contribution in [1.82, 2.24) is 40.9 Å². The number of alkyl halides is 2. The lowest BCUT2D eigenvalue weighted by molar-refractivity contribution is -0.143. The lowest BCUT2D eigenvalue weighted by atomic mass is 10.1. The minimum atomic E-state index is -1.15. The molecule has 0 spiro atoms. The van der Waals surface area contributed by atoms with Gasteiger partial charge in [-0.2, -0.15) is 0 Å². The van der Waals surface area contributed by atoms with Gasteiger partial charge in [0.1, 0.15) is 25.3 Å². The highest BCUT2D eigenvalue weighted by Gasteiger charge is 2.40. The van der Waals surface area contributed by atoms with E-state index in [-0.39, 0.29) is 39.4 Å². The number of benzene rings is 2. The van der Waals surface area contributed by atoms with Crippen molar-refractivity contribution in [2.45, 2.75) is 115 Å². The summed E-state index contributed by atoms with van der Waals surface area (Å²) >= 11 is 0. The largest absolute Gasteiger partial charge is 0.363 e. The standard InChI is InChI=1S/C50H72F2N8O8/c1-35(53-5)47(63)55-45(49(65)59-25-15-21-41(59)33-57(43(61)31-51)27-23-39-17-9-7-10-18-39)37(3)67-29-13-14-30-68-38(4)46(56-48(64)36(2)54-6)50(66)60-26-16-22-42(60)34-58(44(62)32-52)28-24-40-19-11-8-12-20-40/h7-12,17-20,35-38,41-42,45-46,53-54H,15-16,21-34H2,1-6H3,(H,55,63)(H,56,64)/t35-,36-,37+,38+,41-,42-,45-,46-/m0/s1. The molecule has 2 aromatic carbocycles. The number of ether oxygens (including phenoxy) is 2. The smallest absolute Gasteiger partial charge is 0.254 e. The van der Waals surface area contributed by atoms with E-state index in [2.05, 4.69) is 33.1 Å². The van der Waals surface area contributed by atoms with E-state index in [1.807, 2.05) is 60.7 Å². The van der Waals surface area contributed by atoms with Crippen LogP contribution in [0.5, 0.6) is 0 Å². The molecule has 68 heavy (non-hydrogen) atoms. The summed E-state index contributed by atoms with van der Waals surface area (Å²) in [6.45, 7) is 5.67. The summed E-state index contributed by atoms with van der Waals surface area (Å²) in [5.41, 5.74) is 2.00. The molecule has 0 aromatic heterocycles. The molecule has 0 saturated carbocycles. The van der Waals surface area contributed by atoms with Crippen LogP contribution in [0.25, 0.3) is 0 Å². The second-order valence-corrected chi connectivity index (χ2v) is 17.5. The zero-order chi connectivity index (χ0) is 49.6. The third-order valence-electron chi connectivity index (χ3n) is 12.8. The number of likely N-dealkylation sites (tertiary alicyclic amines) is 2. The maximum Gasteiger partial charge on any atom is 0.254 e. The topological polar surface area (TPSA) is 182 Å². The Bertz CT molecular complexity index is 1850. The van der Waals surface area contributed by atoms with Gasteiger partial charge >= 0.3 is 0 Å². The molecule has 2 aliphatic rings. The fourth-order valence-electron chi connectivity index (χ4n) is 8.34. The van der Waals surface area contributed by atoms with Crippen molar-refractivity contribution in [1.29, 1.82) is 0 Å². The minimum Gasteiger partial charge on any atom is -0.363 e. The SMILES string of the molecule is CN[C@@H](C)C(=O)N[C@H](C(=O)N1CCC[C@H]1CN(CCc1ccccc1)C(=O)CF)[C@@H](C)OCC#CCO[C@H](C)[C@H](NC(=O)[C@H](C)NC)C(=O)N1CCC[C@H]1CN(CCc1ccccc1)C(=O)CF. The zero-order valence-electron chi connectivity index (χ0n) is 40.5. The van der Waals surface area contributed by atoms with Crippen LogP contribution in [-0.4, -0.2) is 183 Å². The zero-order valence-corrected chi connectivity index (χ0v) is 40.5. The van der Waals surface area contributed by atoms with Crippen LogP contribution in [0, 0.1) is 11.8 Å². The number of likely N-dealkylation sites (N-methyl/N-ethyl adjacent to an activating group) is 2. The number of carbonyl (C=O) groups excluding carboxylic acids is 6. The van der Waals surface area contributed by atoms with Crippen LogP contribution in [0.2, 0.25) is 0 Å². The fraction of sp³-hybridized carbons (Fsp3) is 0.600. The maximum atomic E-state index is 14.3. The fourth-order valence-corrected chi connectivity index (χ4v) is 8.34. The lowest BCUT2D eigenvalue weighted by Crippen LogP contribution is -2.59. The van der Waals surface area contributed by atoms with E-state index in [0.717, 1.165) is 11.1 Å². The van der Waals surface area contributed by atoms with Gasteiger partial charge in [-0.1, -0.05) is 72.5 Å². The highest BCUT2D eigenvalue weighted by Crippen LogP contribution is 2.23. The van der Waals surface area contributed by atoms with Gasteiger partial charge in [-0.25, -0.2) is 8.78 Å². The first-order valence-electron chi connectivity index (χ1n) is 23.7. The Balaban J connectivity index is 1.40. The second-order valence-electron chi connectivity index (χ2n) is 17.5.